The minimum atomic E-state index is -0.125. The molecule has 2 heterocycles. The molecule has 1 N–H and O–H groups in total. The molecule has 3 nitrogen and oxygen atoms in total. The Morgan fingerprint density at radius 1 is 0.841 bits per heavy atom. The van der Waals surface area contributed by atoms with E-state index in [1.54, 1.807) is 0 Å². The van der Waals surface area contributed by atoms with Gasteiger partial charge in [0, 0.05) is 58.2 Å². The van der Waals surface area contributed by atoms with Gasteiger partial charge in [-0.05, 0) is 90.6 Å². The molecule has 1 aliphatic rings. The average Bonchev–Trinajstić information content (AvgIpc) is 3.29. The first kappa shape index (κ1) is 32.0. The van der Waals surface area contributed by atoms with E-state index >= 15 is 0 Å². The van der Waals surface area contributed by atoms with E-state index in [-0.39, 0.29) is 42.5 Å². The summed E-state index contributed by atoms with van der Waals surface area (Å²) < 4.78 is 2.75. The molecule has 0 fully saturated rings. The second-order valence-electron chi connectivity index (χ2n) is 13.4. The third kappa shape index (κ3) is 5.98. The third-order valence-electron chi connectivity index (χ3n) is 8.90. The van der Waals surface area contributed by atoms with Crippen LogP contribution in [-0.4, -0.2) is 15.9 Å². The van der Waals surface area contributed by atoms with Crippen LogP contribution in [0.3, 0.4) is 0 Å². The number of aliphatic hydroxyl groups excluding tert-OH is 1. The number of aliphatic hydroxyl groups is 1. The van der Waals surface area contributed by atoms with E-state index in [0.717, 1.165) is 16.6 Å². The van der Waals surface area contributed by atoms with Gasteiger partial charge in [-0.3, -0.25) is 9.78 Å². The average molecular weight is 777 g/mol. The van der Waals surface area contributed by atoms with Crippen molar-refractivity contribution in [2.75, 3.05) is 0 Å². The summed E-state index contributed by atoms with van der Waals surface area (Å²) >= 11 is 1.93. The van der Waals surface area contributed by atoms with Crippen molar-refractivity contribution in [3.8, 4) is 11.3 Å². The van der Waals surface area contributed by atoms with Gasteiger partial charge >= 0.3 is 0 Å². The van der Waals surface area contributed by atoms with Crippen molar-refractivity contribution in [3.05, 3.63) is 101 Å². The number of hydrogen-bond donors (Lipinski definition) is 1. The smallest absolute Gasteiger partial charge is 0.155 e. The maximum Gasteiger partial charge on any atom is 0.155 e. The summed E-state index contributed by atoms with van der Waals surface area (Å²) in [6.07, 6.45) is 5.58. The van der Waals surface area contributed by atoms with E-state index in [1.165, 1.54) is 85.8 Å². The SMILES string of the molecule is CC(=O)/C=C(/C)O.Cc1ccc2[c-]c(-c3nccc4cc5sc6cc7c(cc6c5cc34)C(C)(C)CCC7(C)C)ccc2c1.[Ir]. The monoisotopic (exact) mass is 777 g/mol. The summed E-state index contributed by atoms with van der Waals surface area (Å²) in [4.78, 5) is 14.9. The maximum atomic E-state index is 10.0. The summed E-state index contributed by atoms with van der Waals surface area (Å²) in [5, 5.41) is 15.9. The van der Waals surface area contributed by atoms with Gasteiger partial charge in [-0.15, -0.1) is 41.0 Å². The number of pyridine rings is 1. The van der Waals surface area contributed by atoms with Crippen LogP contribution in [-0.2, 0) is 35.7 Å². The Bertz CT molecular complexity index is 2100. The number of fused-ring (bicyclic) bond motifs is 6. The molecule has 7 rings (SSSR count). The Hall–Kier alpha value is -3.37. The molecule has 2 aromatic heterocycles. The van der Waals surface area contributed by atoms with Gasteiger partial charge in [-0.2, -0.15) is 0 Å². The normalized spacial score (nSPS) is 15.5. The van der Waals surface area contributed by atoms with Crippen LogP contribution >= 0.6 is 11.3 Å². The predicted molar refractivity (Wildman–Crippen MR) is 183 cm³/mol. The summed E-state index contributed by atoms with van der Waals surface area (Å²) in [5.74, 6) is -0.0625. The van der Waals surface area contributed by atoms with Crippen LogP contribution in [0.15, 0.2) is 78.7 Å². The minimum Gasteiger partial charge on any atom is -0.512 e. The molecule has 5 heteroatoms. The van der Waals surface area contributed by atoms with Gasteiger partial charge in [0.25, 0.3) is 0 Å². The molecule has 4 aromatic carbocycles. The number of nitrogens with zero attached hydrogens (tertiary/aromatic N) is 1. The second kappa shape index (κ2) is 11.9. The van der Waals surface area contributed by atoms with E-state index in [1.807, 2.05) is 17.5 Å². The van der Waals surface area contributed by atoms with Crippen LogP contribution in [0.25, 0.3) is 53.0 Å². The summed E-state index contributed by atoms with van der Waals surface area (Å²) in [6, 6.07) is 26.4. The van der Waals surface area contributed by atoms with Crippen LogP contribution in [0.4, 0.5) is 0 Å². The number of rotatable bonds is 2. The molecule has 0 aliphatic heterocycles. The van der Waals surface area contributed by atoms with E-state index in [0.29, 0.717) is 0 Å². The summed E-state index contributed by atoms with van der Waals surface area (Å²) in [5.41, 5.74) is 6.82. The zero-order chi connectivity index (χ0) is 30.7. The van der Waals surface area contributed by atoms with Crippen molar-refractivity contribution in [2.45, 2.75) is 72.1 Å². The molecule has 0 amide bonds. The number of aromatic nitrogens is 1. The first-order chi connectivity index (χ1) is 20.3. The van der Waals surface area contributed by atoms with Gasteiger partial charge in [0.15, 0.2) is 5.78 Å². The Kier molecular flexibility index (Phi) is 8.63. The fourth-order valence-corrected chi connectivity index (χ4v) is 7.60. The number of ketones is 1. The predicted octanol–water partition coefficient (Wildman–Crippen LogP) is 10.9. The fraction of sp³-hybridized carbons (Fsp3) is 0.282. The third-order valence-corrected chi connectivity index (χ3v) is 10.0. The molecule has 0 unspecified atom stereocenters. The number of carbonyl (C=O) groups is 1. The molecular formula is C39H38IrNO2S-. The van der Waals surface area contributed by atoms with Gasteiger partial charge in [0.2, 0.25) is 0 Å². The van der Waals surface area contributed by atoms with Crippen molar-refractivity contribution in [3.63, 3.8) is 0 Å². The number of thiophene rings is 1. The van der Waals surface area contributed by atoms with Crippen LogP contribution in [0.5, 0.6) is 0 Å². The van der Waals surface area contributed by atoms with Gasteiger partial charge < -0.3 is 5.11 Å². The van der Waals surface area contributed by atoms with Gasteiger partial charge in [0.05, 0.1) is 5.76 Å². The molecule has 0 spiro atoms. The zero-order valence-electron chi connectivity index (χ0n) is 26.4. The van der Waals surface area contributed by atoms with E-state index < -0.39 is 0 Å². The zero-order valence-corrected chi connectivity index (χ0v) is 29.6. The fourth-order valence-electron chi connectivity index (χ4n) is 6.44. The van der Waals surface area contributed by atoms with Crippen LogP contribution in [0.2, 0.25) is 0 Å². The molecular weight excluding hydrogens is 739 g/mol. The molecule has 44 heavy (non-hydrogen) atoms. The Morgan fingerprint density at radius 2 is 1.50 bits per heavy atom. The van der Waals surface area contributed by atoms with Crippen molar-refractivity contribution in [1.29, 1.82) is 0 Å². The van der Waals surface area contributed by atoms with Crippen molar-refractivity contribution < 1.29 is 30.0 Å². The minimum absolute atomic E-state index is 0. The number of benzene rings is 4. The van der Waals surface area contributed by atoms with Gasteiger partial charge in [0.1, 0.15) is 0 Å². The van der Waals surface area contributed by atoms with Crippen LogP contribution in [0.1, 0.15) is 71.1 Å². The summed E-state index contributed by atoms with van der Waals surface area (Å²) in [6.45, 7) is 14.6. The second-order valence-corrected chi connectivity index (χ2v) is 14.4. The van der Waals surface area contributed by atoms with Crippen LogP contribution in [0, 0.1) is 13.0 Å². The molecule has 1 radical (unpaired) electrons. The summed E-state index contributed by atoms with van der Waals surface area (Å²) in [7, 11) is 0. The van der Waals surface area contributed by atoms with E-state index in [9.17, 15) is 4.79 Å². The number of allylic oxidation sites excluding steroid dienone is 2. The topological polar surface area (TPSA) is 50.2 Å². The quantitative estimate of drug-likeness (QED) is 0.108. The van der Waals surface area contributed by atoms with Crippen molar-refractivity contribution in [2.24, 2.45) is 0 Å². The Labute approximate surface area is 277 Å². The molecule has 6 aromatic rings. The van der Waals surface area contributed by atoms with Crippen LogP contribution < -0.4 is 0 Å². The molecule has 227 valence electrons. The molecule has 0 bridgehead atoms. The molecule has 1 aliphatic carbocycles. The number of hydrogen-bond acceptors (Lipinski definition) is 4. The first-order valence-electron chi connectivity index (χ1n) is 14.9. The van der Waals surface area contributed by atoms with E-state index in [4.69, 9.17) is 10.1 Å². The Morgan fingerprint density at radius 3 is 2.16 bits per heavy atom. The van der Waals surface area contributed by atoms with Crippen molar-refractivity contribution in [1.82, 2.24) is 4.98 Å². The number of carbonyl (C=O) groups excluding carboxylic acids is 1. The van der Waals surface area contributed by atoms with E-state index in [2.05, 4.69) is 101 Å². The number of aryl methyl sites for hydroxylation is 1. The maximum absolute atomic E-state index is 10.0. The van der Waals surface area contributed by atoms with Gasteiger partial charge in [-0.1, -0.05) is 62.4 Å². The van der Waals surface area contributed by atoms with Crippen molar-refractivity contribution >= 4 is 58.8 Å². The van der Waals surface area contributed by atoms with Gasteiger partial charge in [-0.25, -0.2) is 0 Å². The molecule has 0 saturated carbocycles. The largest absolute Gasteiger partial charge is 0.512 e. The molecule has 0 atom stereocenters. The first-order valence-corrected chi connectivity index (χ1v) is 15.7. The standard InChI is InChI=1S/C34H30NS.C5H8O2.Ir/c1-20-6-7-22-15-24(9-8-21(22)14-20)32-25-17-26-27-18-28-29(34(4,5)12-11-33(28,2)3)19-31(27)36-30(26)16-23(25)10-13-35-32;1-4(6)3-5(2)7;/h6-10,13-14,16-19H,11-12H2,1-5H3;3,6H,1-2H3;/q-1;;/b;4-3-;. The molecule has 0 saturated heterocycles. The Balaban J connectivity index is 0.000000433.